The maximum Gasteiger partial charge on any atom is 0.265 e. The molecule has 0 saturated carbocycles. The molecule has 0 aliphatic carbocycles. The summed E-state index contributed by atoms with van der Waals surface area (Å²) in [6, 6.07) is 3.97. The smallest absolute Gasteiger partial charge is 0.265 e. The highest BCUT2D eigenvalue weighted by Crippen LogP contribution is 2.26. The van der Waals surface area contributed by atoms with Gasteiger partial charge in [0.1, 0.15) is 5.57 Å². The van der Waals surface area contributed by atoms with Crippen LogP contribution in [0.3, 0.4) is 0 Å². The molecular weight excluding hydrogens is 292 g/mol. The van der Waals surface area contributed by atoms with Gasteiger partial charge < -0.3 is 10.2 Å². The van der Waals surface area contributed by atoms with Crippen LogP contribution >= 0.6 is 12.2 Å². The number of hydrogen-bond acceptors (Lipinski definition) is 5. The number of carbonyl (C=O) groups is 2. The number of thiocarbonyl (C=S) groups is 1. The molecule has 21 heavy (non-hydrogen) atoms. The molecule has 1 aliphatic heterocycles. The molecule has 1 aromatic rings. The highest BCUT2D eigenvalue weighted by atomic mass is 32.1. The van der Waals surface area contributed by atoms with Crippen LogP contribution in [0, 0.1) is 0 Å². The first kappa shape index (κ1) is 14.7. The summed E-state index contributed by atoms with van der Waals surface area (Å²) in [6.45, 7) is 3.70. The Morgan fingerprint density at radius 1 is 1.29 bits per heavy atom. The van der Waals surface area contributed by atoms with E-state index in [2.05, 4.69) is 11.9 Å². The molecule has 1 saturated heterocycles. The number of phenols is 2. The zero-order chi connectivity index (χ0) is 15.6. The van der Waals surface area contributed by atoms with E-state index in [0.717, 1.165) is 0 Å². The number of amides is 2. The molecule has 1 aliphatic rings. The van der Waals surface area contributed by atoms with Crippen molar-refractivity contribution in [3.63, 3.8) is 0 Å². The Balaban J connectivity index is 2.40. The van der Waals surface area contributed by atoms with Gasteiger partial charge in [0.2, 0.25) is 0 Å². The number of nitrogens with zero attached hydrogens (tertiary/aromatic N) is 1. The number of rotatable bonds is 3. The van der Waals surface area contributed by atoms with Crippen LogP contribution in [0.15, 0.2) is 36.4 Å². The van der Waals surface area contributed by atoms with Gasteiger partial charge in [-0.2, -0.15) is 0 Å². The van der Waals surface area contributed by atoms with Crippen LogP contribution in [-0.4, -0.2) is 38.6 Å². The highest BCUT2D eigenvalue weighted by Gasteiger charge is 2.32. The summed E-state index contributed by atoms with van der Waals surface area (Å²) in [6.07, 6.45) is 2.81. The van der Waals surface area contributed by atoms with Crippen molar-refractivity contribution in [3.8, 4) is 11.5 Å². The second kappa shape index (κ2) is 5.76. The molecule has 0 aromatic heterocycles. The summed E-state index contributed by atoms with van der Waals surface area (Å²) in [5, 5.41) is 21.1. The van der Waals surface area contributed by atoms with Crippen LogP contribution in [0.5, 0.6) is 11.5 Å². The van der Waals surface area contributed by atoms with E-state index in [1.807, 2.05) is 0 Å². The Morgan fingerprint density at radius 3 is 2.62 bits per heavy atom. The second-order valence-corrected chi connectivity index (χ2v) is 4.66. The van der Waals surface area contributed by atoms with Gasteiger partial charge in [0.25, 0.3) is 11.8 Å². The van der Waals surface area contributed by atoms with Gasteiger partial charge in [-0.15, -0.1) is 6.58 Å². The van der Waals surface area contributed by atoms with Gasteiger partial charge >= 0.3 is 0 Å². The fourth-order valence-electron chi connectivity index (χ4n) is 1.79. The van der Waals surface area contributed by atoms with Crippen LogP contribution < -0.4 is 5.32 Å². The Labute approximate surface area is 126 Å². The fourth-order valence-corrected chi connectivity index (χ4v) is 2.04. The lowest BCUT2D eigenvalue weighted by Crippen LogP contribution is -2.53. The van der Waals surface area contributed by atoms with Crippen LogP contribution in [0.1, 0.15) is 5.56 Å². The second-order valence-electron chi connectivity index (χ2n) is 4.27. The zero-order valence-electron chi connectivity index (χ0n) is 10.9. The molecule has 6 nitrogen and oxygen atoms in total. The lowest BCUT2D eigenvalue weighted by atomic mass is 10.1. The summed E-state index contributed by atoms with van der Waals surface area (Å²) in [7, 11) is 0. The molecule has 2 rings (SSSR count). The van der Waals surface area contributed by atoms with Crippen molar-refractivity contribution in [1.82, 2.24) is 10.2 Å². The van der Waals surface area contributed by atoms with Crippen LogP contribution in [-0.2, 0) is 9.59 Å². The topological polar surface area (TPSA) is 89.9 Å². The third-order valence-electron chi connectivity index (χ3n) is 2.81. The molecule has 1 heterocycles. The van der Waals surface area contributed by atoms with E-state index >= 15 is 0 Å². The lowest BCUT2D eigenvalue weighted by Gasteiger charge is -2.27. The van der Waals surface area contributed by atoms with Gasteiger partial charge in [0, 0.05) is 6.54 Å². The van der Waals surface area contributed by atoms with Crippen LogP contribution in [0.2, 0.25) is 0 Å². The fraction of sp³-hybridized carbons (Fsp3) is 0.0714. The number of hydrogen-bond donors (Lipinski definition) is 3. The van der Waals surface area contributed by atoms with Gasteiger partial charge in [-0.25, -0.2) is 0 Å². The minimum atomic E-state index is -0.613. The predicted octanol–water partition coefficient (Wildman–Crippen LogP) is 0.910. The summed E-state index contributed by atoms with van der Waals surface area (Å²) in [5.41, 5.74) is 0.283. The first-order chi connectivity index (χ1) is 9.93. The normalized spacial score (nSPS) is 17.0. The summed E-state index contributed by atoms with van der Waals surface area (Å²) in [4.78, 5) is 25.3. The molecule has 2 amide bonds. The first-order valence-electron chi connectivity index (χ1n) is 5.95. The largest absolute Gasteiger partial charge is 0.504 e. The molecule has 1 fully saturated rings. The molecule has 1 aromatic carbocycles. The average Bonchev–Trinajstić information content (AvgIpc) is 2.43. The SMILES string of the molecule is C=CCN1C(=O)/C(=C\c2ccc(O)c(O)c2)C(=O)NC1=S. The summed E-state index contributed by atoms with van der Waals surface area (Å²) in [5.74, 6) is -1.79. The number of aromatic hydroxyl groups is 2. The molecule has 0 atom stereocenters. The van der Waals surface area contributed by atoms with E-state index in [1.165, 1.54) is 35.3 Å². The minimum Gasteiger partial charge on any atom is -0.504 e. The van der Waals surface area contributed by atoms with Crippen LogP contribution in [0.25, 0.3) is 6.08 Å². The van der Waals surface area contributed by atoms with E-state index in [1.54, 1.807) is 0 Å². The van der Waals surface area contributed by atoms with Gasteiger partial charge in [-0.05, 0) is 36.0 Å². The van der Waals surface area contributed by atoms with E-state index in [-0.39, 0.29) is 28.7 Å². The molecule has 0 radical (unpaired) electrons. The molecule has 0 spiro atoms. The van der Waals surface area contributed by atoms with Crippen molar-refractivity contribution in [2.75, 3.05) is 6.54 Å². The Kier molecular flexibility index (Phi) is 4.04. The molecule has 0 unspecified atom stereocenters. The molecule has 108 valence electrons. The Morgan fingerprint density at radius 2 is 2.00 bits per heavy atom. The quantitative estimate of drug-likeness (QED) is 0.254. The van der Waals surface area contributed by atoms with Gasteiger partial charge in [0.05, 0.1) is 0 Å². The third-order valence-corrected chi connectivity index (χ3v) is 3.13. The number of phenolic OH excluding ortho intramolecular Hbond substituents is 2. The molecule has 3 N–H and O–H groups in total. The third kappa shape index (κ3) is 2.92. The summed E-state index contributed by atoms with van der Waals surface area (Å²) < 4.78 is 0. The minimum absolute atomic E-state index is 0.0237. The van der Waals surface area contributed by atoms with E-state index in [0.29, 0.717) is 5.56 Å². The average molecular weight is 304 g/mol. The van der Waals surface area contributed by atoms with Crippen molar-refractivity contribution in [2.45, 2.75) is 0 Å². The molecular formula is C14H12N2O4S. The monoisotopic (exact) mass is 304 g/mol. The standard InChI is InChI=1S/C14H12N2O4S/c1-2-5-16-13(20)9(12(19)15-14(16)21)6-8-3-4-10(17)11(18)7-8/h2-4,6-7,17-18H,1,5H2,(H,15,19,21)/b9-6-. The lowest BCUT2D eigenvalue weighted by molar-refractivity contribution is -0.128. The van der Waals surface area contributed by atoms with Crippen molar-refractivity contribution >= 4 is 35.2 Å². The van der Waals surface area contributed by atoms with E-state index in [9.17, 15) is 19.8 Å². The highest BCUT2D eigenvalue weighted by molar-refractivity contribution is 7.80. The van der Waals surface area contributed by atoms with Crippen molar-refractivity contribution in [3.05, 3.63) is 42.0 Å². The van der Waals surface area contributed by atoms with Crippen molar-refractivity contribution in [2.24, 2.45) is 0 Å². The maximum atomic E-state index is 12.2. The molecule has 7 heteroatoms. The van der Waals surface area contributed by atoms with Gasteiger partial charge in [0.15, 0.2) is 16.6 Å². The van der Waals surface area contributed by atoms with Crippen LogP contribution in [0.4, 0.5) is 0 Å². The first-order valence-corrected chi connectivity index (χ1v) is 6.36. The molecule has 0 bridgehead atoms. The van der Waals surface area contributed by atoms with E-state index in [4.69, 9.17) is 12.2 Å². The zero-order valence-corrected chi connectivity index (χ0v) is 11.7. The van der Waals surface area contributed by atoms with E-state index < -0.39 is 11.8 Å². The number of benzene rings is 1. The summed E-state index contributed by atoms with van der Waals surface area (Å²) >= 11 is 4.93. The van der Waals surface area contributed by atoms with Gasteiger partial charge in [-0.1, -0.05) is 12.1 Å². The van der Waals surface area contributed by atoms with Gasteiger partial charge in [-0.3, -0.25) is 19.8 Å². The van der Waals surface area contributed by atoms with Crippen molar-refractivity contribution in [1.29, 1.82) is 0 Å². The number of nitrogens with one attached hydrogen (secondary N) is 1. The van der Waals surface area contributed by atoms with Crippen molar-refractivity contribution < 1.29 is 19.8 Å². The maximum absolute atomic E-state index is 12.2. The predicted molar refractivity (Wildman–Crippen MR) is 80.4 cm³/mol. The number of carbonyl (C=O) groups excluding carboxylic acids is 2. The Hall–Kier alpha value is -2.67. The Bertz CT molecular complexity index is 682.